The van der Waals surface area contributed by atoms with Gasteiger partial charge in [-0.2, -0.15) is 0 Å². The van der Waals surface area contributed by atoms with Gasteiger partial charge in [-0.1, -0.05) is 24.3 Å². The van der Waals surface area contributed by atoms with Gasteiger partial charge in [0, 0.05) is 43.3 Å². The number of aryl methyl sites for hydroxylation is 1. The largest absolute Gasteiger partial charge is 0.497 e. The Hall–Kier alpha value is -2.79. The molecule has 5 nitrogen and oxygen atoms in total. The number of hydrogen-bond donors (Lipinski definition) is 2. The zero-order chi connectivity index (χ0) is 18.6. The van der Waals surface area contributed by atoms with E-state index in [1.54, 1.807) is 7.11 Å². The predicted molar refractivity (Wildman–Crippen MR) is 112 cm³/mol. The first kappa shape index (κ1) is 17.6. The van der Waals surface area contributed by atoms with Crippen molar-refractivity contribution in [3.05, 3.63) is 59.7 Å². The van der Waals surface area contributed by atoms with Crippen molar-refractivity contribution in [2.45, 2.75) is 19.4 Å². The SMILES string of the molecule is COc1ccc2nc(N3CCCc4ccccc4C3)cc(NCCN)c2c1. The third-order valence-electron chi connectivity index (χ3n) is 5.14. The maximum atomic E-state index is 5.72. The van der Waals surface area contributed by atoms with Crippen LogP contribution in [-0.2, 0) is 13.0 Å². The summed E-state index contributed by atoms with van der Waals surface area (Å²) in [6, 6.07) is 16.9. The number of aromatic nitrogens is 1. The van der Waals surface area contributed by atoms with Crippen LogP contribution in [0.1, 0.15) is 17.5 Å². The molecule has 1 aromatic heterocycles. The van der Waals surface area contributed by atoms with Gasteiger partial charge in [-0.3, -0.25) is 0 Å². The van der Waals surface area contributed by atoms with E-state index in [9.17, 15) is 0 Å². The highest BCUT2D eigenvalue weighted by molar-refractivity contribution is 5.94. The molecular formula is C22H26N4O. The van der Waals surface area contributed by atoms with E-state index >= 15 is 0 Å². The van der Waals surface area contributed by atoms with Crippen molar-refractivity contribution >= 4 is 22.4 Å². The number of anilines is 2. The third-order valence-corrected chi connectivity index (χ3v) is 5.14. The molecule has 0 amide bonds. The first-order chi connectivity index (χ1) is 13.3. The molecule has 0 bridgehead atoms. The topological polar surface area (TPSA) is 63.4 Å². The molecule has 140 valence electrons. The quantitative estimate of drug-likeness (QED) is 0.726. The molecule has 5 heteroatoms. The van der Waals surface area contributed by atoms with E-state index in [0.717, 1.165) is 60.6 Å². The number of nitrogens with two attached hydrogens (primary N) is 1. The Balaban J connectivity index is 1.75. The highest BCUT2D eigenvalue weighted by atomic mass is 16.5. The van der Waals surface area contributed by atoms with E-state index in [-0.39, 0.29) is 0 Å². The fourth-order valence-electron chi connectivity index (χ4n) is 3.73. The van der Waals surface area contributed by atoms with Gasteiger partial charge < -0.3 is 20.7 Å². The molecule has 0 saturated heterocycles. The Morgan fingerprint density at radius 3 is 2.81 bits per heavy atom. The summed E-state index contributed by atoms with van der Waals surface area (Å²) in [6.07, 6.45) is 2.25. The summed E-state index contributed by atoms with van der Waals surface area (Å²) in [5.41, 5.74) is 10.6. The minimum absolute atomic E-state index is 0.584. The summed E-state index contributed by atoms with van der Waals surface area (Å²) >= 11 is 0. The Morgan fingerprint density at radius 1 is 1.15 bits per heavy atom. The summed E-state index contributed by atoms with van der Waals surface area (Å²) in [7, 11) is 1.69. The summed E-state index contributed by atoms with van der Waals surface area (Å²) in [5, 5.41) is 4.51. The van der Waals surface area contributed by atoms with Crippen molar-refractivity contribution < 1.29 is 4.74 Å². The van der Waals surface area contributed by atoms with Gasteiger partial charge >= 0.3 is 0 Å². The molecule has 0 fully saturated rings. The summed E-state index contributed by atoms with van der Waals surface area (Å²) in [4.78, 5) is 7.33. The lowest BCUT2D eigenvalue weighted by molar-refractivity contribution is 0.415. The second-order valence-electron chi connectivity index (χ2n) is 6.92. The molecule has 0 saturated carbocycles. The number of fused-ring (bicyclic) bond motifs is 2. The van der Waals surface area contributed by atoms with E-state index in [4.69, 9.17) is 15.5 Å². The van der Waals surface area contributed by atoms with E-state index in [1.165, 1.54) is 11.1 Å². The van der Waals surface area contributed by atoms with Crippen LogP contribution in [-0.4, -0.2) is 31.7 Å². The van der Waals surface area contributed by atoms with Gasteiger partial charge in [0.1, 0.15) is 11.6 Å². The van der Waals surface area contributed by atoms with Gasteiger partial charge in [-0.05, 0) is 42.2 Å². The minimum Gasteiger partial charge on any atom is -0.497 e. The number of rotatable bonds is 5. The lowest BCUT2D eigenvalue weighted by Gasteiger charge is -2.24. The van der Waals surface area contributed by atoms with Crippen LogP contribution >= 0.6 is 0 Å². The lowest BCUT2D eigenvalue weighted by Crippen LogP contribution is -2.24. The molecule has 2 heterocycles. The third kappa shape index (κ3) is 3.69. The summed E-state index contributed by atoms with van der Waals surface area (Å²) in [6.45, 7) is 3.19. The van der Waals surface area contributed by atoms with Crippen LogP contribution in [0.15, 0.2) is 48.5 Å². The summed E-state index contributed by atoms with van der Waals surface area (Å²) in [5.74, 6) is 1.83. The fourth-order valence-corrected chi connectivity index (χ4v) is 3.73. The Labute approximate surface area is 160 Å². The van der Waals surface area contributed by atoms with Gasteiger partial charge in [0.05, 0.1) is 12.6 Å². The number of ether oxygens (including phenoxy) is 1. The molecule has 0 radical (unpaired) electrons. The van der Waals surface area contributed by atoms with Crippen molar-refractivity contribution in [2.75, 3.05) is 37.0 Å². The zero-order valence-corrected chi connectivity index (χ0v) is 15.7. The van der Waals surface area contributed by atoms with Crippen LogP contribution in [0.3, 0.4) is 0 Å². The van der Waals surface area contributed by atoms with Crippen molar-refractivity contribution in [3.63, 3.8) is 0 Å². The average Bonchev–Trinajstić information content (AvgIpc) is 2.94. The Morgan fingerprint density at radius 2 is 2.00 bits per heavy atom. The van der Waals surface area contributed by atoms with Crippen molar-refractivity contribution in [1.29, 1.82) is 0 Å². The molecule has 0 aliphatic carbocycles. The molecule has 4 rings (SSSR count). The number of benzene rings is 2. The van der Waals surface area contributed by atoms with Crippen LogP contribution in [0.5, 0.6) is 5.75 Å². The van der Waals surface area contributed by atoms with E-state index in [1.807, 2.05) is 18.2 Å². The molecule has 3 N–H and O–H groups in total. The average molecular weight is 362 g/mol. The first-order valence-corrected chi connectivity index (χ1v) is 9.53. The van der Waals surface area contributed by atoms with E-state index in [2.05, 4.69) is 40.5 Å². The highest BCUT2D eigenvalue weighted by Crippen LogP contribution is 2.31. The summed E-state index contributed by atoms with van der Waals surface area (Å²) < 4.78 is 5.39. The lowest BCUT2D eigenvalue weighted by atomic mass is 10.0. The molecular weight excluding hydrogens is 336 g/mol. The van der Waals surface area contributed by atoms with Gasteiger partial charge in [-0.25, -0.2) is 4.98 Å². The molecule has 27 heavy (non-hydrogen) atoms. The Kier molecular flexibility index (Phi) is 5.12. The Bertz CT molecular complexity index is 941. The van der Waals surface area contributed by atoms with Crippen LogP contribution in [0.25, 0.3) is 10.9 Å². The van der Waals surface area contributed by atoms with Gasteiger partial charge in [0.2, 0.25) is 0 Å². The maximum absolute atomic E-state index is 5.72. The molecule has 3 aromatic rings. The van der Waals surface area contributed by atoms with Crippen molar-refractivity contribution in [3.8, 4) is 5.75 Å². The van der Waals surface area contributed by atoms with Crippen LogP contribution in [0.4, 0.5) is 11.5 Å². The van der Waals surface area contributed by atoms with Crippen LogP contribution in [0.2, 0.25) is 0 Å². The standard InChI is InChI=1S/C22H26N4O/c1-27-18-8-9-20-19(13-18)21(24-11-10-23)14-22(25-20)26-12-4-7-16-5-2-3-6-17(16)15-26/h2-3,5-6,8-9,13-14H,4,7,10-12,15,23H2,1H3,(H,24,25). The number of hydrogen-bond acceptors (Lipinski definition) is 5. The predicted octanol–water partition coefficient (Wildman–Crippen LogP) is 3.57. The molecule has 2 aromatic carbocycles. The monoisotopic (exact) mass is 362 g/mol. The van der Waals surface area contributed by atoms with E-state index < -0.39 is 0 Å². The normalized spacial score (nSPS) is 13.9. The number of methoxy groups -OCH3 is 1. The highest BCUT2D eigenvalue weighted by Gasteiger charge is 2.17. The smallest absolute Gasteiger partial charge is 0.131 e. The maximum Gasteiger partial charge on any atom is 0.131 e. The fraction of sp³-hybridized carbons (Fsp3) is 0.318. The van der Waals surface area contributed by atoms with Crippen LogP contribution < -0.4 is 20.7 Å². The minimum atomic E-state index is 0.584. The molecule has 0 unspecified atom stereocenters. The van der Waals surface area contributed by atoms with Gasteiger partial charge in [0.25, 0.3) is 0 Å². The van der Waals surface area contributed by atoms with Crippen molar-refractivity contribution in [1.82, 2.24) is 4.98 Å². The number of nitrogens with one attached hydrogen (secondary N) is 1. The second kappa shape index (κ2) is 7.84. The zero-order valence-electron chi connectivity index (χ0n) is 15.7. The van der Waals surface area contributed by atoms with Crippen molar-refractivity contribution in [2.24, 2.45) is 5.73 Å². The van der Waals surface area contributed by atoms with E-state index in [0.29, 0.717) is 6.54 Å². The van der Waals surface area contributed by atoms with Gasteiger partial charge in [-0.15, -0.1) is 0 Å². The second-order valence-corrected chi connectivity index (χ2v) is 6.92. The molecule has 0 spiro atoms. The van der Waals surface area contributed by atoms with Crippen LogP contribution in [0, 0.1) is 0 Å². The molecule has 1 aliphatic heterocycles. The first-order valence-electron chi connectivity index (χ1n) is 9.53. The number of pyridine rings is 1. The number of nitrogens with zero attached hydrogens (tertiary/aromatic N) is 2. The molecule has 0 atom stereocenters. The molecule has 1 aliphatic rings. The van der Waals surface area contributed by atoms with Gasteiger partial charge in [0.15, 0.2) is 0 Å².